The zero-order valence-corrected chi connectivity index (χ0v) is 19.0. The molecule has 0 fully saturated rings. The second-order valence-electron chi connectivity index (χ2n) is 7.09. The molecule has 0 saturated heterocycles. The SMILES string of the molecule is COc1cc(C(=O)NCC(=O)Nc2cccc(OCc3ccc(F)cc3)c2)cc(OC)c1OC. The molecule has 34 heavy (non-hydrogen) atoms. The number of halogens is 1. The maximum absolute atomic E-state index is 13.0. The zero-order valence-electron chi connectivity index (χ0n) is 19.0. The molecule has 2 N–H and O–H groups in total. The van der Waals surface area contributed by atoms with E-state index in [0.29, 0.717) is 28.7 Å². The number of amides is 2. The van der Waals surface area contributed by atoms with E-state index < -0.39 is 11.8 Å². The molecule has 0 aliphatic rings. The molecule has 0 aromatic heterocycles. The van der Waals surface area contributed by atoms with E-state index in [2.05, 4.69) is 10.6 Å². The van der Waals surface area contributed by atoms with Gasteiger partial charge in [0.1, 0.15) is 18.2 Å². The summed E-state index contributed by atoms with van der Waals surface area (Å²) in [5, 5.41) is 5.27. The lowest BCUT2D eigenvalue weighted by atomic mass is 10.1. The molecule has 8 nitrogen and oxygen atoms in total. The number of rotatable bonds is 10. The van der Waals surface area contributed by atoms with Crippen molar-refractivity contribution in [2.45, 2.75) is 6.61 Å². The van der Waals surface area contributed by atoms with Crippen LogP contribution in [0.1, 0.15) is 15.9 Å². The van der Waals surface area contributed by atoms with Gasteiger partial charge >= 0.3 is 0 Å². The van der Waals surface area contributed by atoms with Gasteiger partial charge < -0.3 is 29.6 Å². The lowest BCUT2D eigenvalue weighted by molar-refractivity contribution is -0.115. The Kier molecular flexibility index (Phi) is 8.28. The van der Waals surface area contributed by atoms with Crippen molar-refractivity contribution in [1.82, 2.24) is 5.32 Å². The van der Waals surface area contributed by atoms with Gasteiger partial charge in [-0.3, -0.25) is 9.59 Å². The summed E-state index contributed by atoms with van der Waals surface area (Å²) in [4.78, 5) is 24.9. The second kappa shape index (κ2) is 11.6. The number of hydrogen-bond acceptors (Lipinski definition) is 6. The van der Waals surface area contributed by atoms with Crippen LogP contribution in [0, 0.1) is 5.82 Å². The molecular formula is C25H25FN2O6. The number of carbonyl (C=O) groups is 2. The standard InChI is InChI=1S/C25H25FN2O6/c1-31-21-11-17(12-22(32-2)24(21)33-3)25(30)27-14-23(29)28-19-5-4-6-20(13-19)34-15-16-7-9-18(26)10-8-16/h4-13H,14-15H2,1-3H3,(H,27,30)(H,28,29). The van der Waals surface area contributed by atoms with Gasteiger partial charge in [0.05, 0.1) is 27.9 Å². The van der Waals surface area contributed by atoms with Crippen LogP contribution in [0.15, 0.2) is 60.7 Å². The third kappa shape index (κ3) is 6.38. The van der Waals surface area contributed by atoms with Gasteiger partial charge in [0.2, 0.25) is 11.7 Å². The van der Waals surface area contributed by atoms with Gasteiger partial charge in [0.25, 0.3) is 5.91 Å². The van der Waals surface area contributed by atoms with Gasteiger partial charge in [-0.15, -0.1) is 0 Å². The Morgan fingerprint density at radius 3 is 2.18 bits per heavy atom. The zero-order chi connectivity index (χ0) is 24.5. The third-order valence-corrected chi connectivity index (χ3v) is 4.77. The third-order valence-electron chi connectivity index (χ3n) is 4.77. The van der Waals surface area contributed by atoms with Crippen molar-refractivity contribution < 1.29 is 32.9 Å². The van der Waals surface area contributed by atoms with Crippen LogP contribution in [0.25, 0.3) is 0 Å². The molecule has 178 valence electrons. The molecule has 0 saturated carbocycles. The number of ether oxygens (including phenoxy) is 4. The highest BCUT2D eigenvalue weighted by Crippen LogP contribution is 2.38. The van der Waals surface area contributed by atoms with E-state index >= 15 is 0 Å². The molecule has 0 spiro atoms. The van der Waals surface area contributed by atoms with E-state index in [1.807, 2.05) is 0 Å². The number of carbonyl (C=O) groups excluding carboxylic acids is 2. The number of benzene rings is 3. The van der Waals surface area contributed by atoms with Crippen LogP contribution in [0.2, 0.25) is 0 Å². The molecule has 2 amide bonds. The highest BCUT2D eigenvalue weighted by Gasteiger charge is 2.17. The van der Waals surface area contributed by atoms with Crippen LogP contribution in [-0.4, -0.2) is 39.7 Å². The summed E-state index contributed by atoms with van der Waals surface area (Å²) >= 11 is 0. The molecule has 0 radical (unpaired) electrons. The molecule has 3 rings (SSSR count). The molecule has 0 unspecified atom stereocenters. The minimum atomic E-state index is -0.481. The molecule has 0 bridgehead atoms. The Morgan fingerprint density at radius 2 is 1.56 bits per heavy atom. The summed E-state index contributed by atoms with van der Waals surface area (Å²) in [7, 11) is 4.36. The molecule has 3 aromatic carbocycles. The Balaban J connectivity index is 1.56. The fourth-order valence-corrected chi connectivity index (χ4v) is 3.09. The maximum atomic E-state index is 13.0. The summed E-state index contributed by atoms with van der Waals surface area (Å²) in [6.07, 6.45) is 0. The van der Waals surface area contributed by atoms with Crippen molar-refractivity contribution in [1.29, 1.82) is 0 Å². The van der Waals surface area contributed by atoms with Gasteiger partial charge in [-0.25, -0.2) is 4.39 Å². The first-order valence-electron chi connectivity index (χ1n) is 10.3. The first kappa shape index (κ1) is 24.4. The molecule has 0 heterocycles. The smallest absolute Gasteiger partial charge is 0.251 e. The van der Waals surface area contributed by atoms with E-state index in [1.54, 1.807) is 36.4 Å². The first-order valence-corrected chi connectivity index (χ1v) is 10.3. The van der Waals surface area contributed by atoms with Crippen LogP contribution in [-0.2, 0) is 11.4 Å². The van der Waals surface area contributed by atoms with E-state index in [4.69, 9.17) is 18.9 Å². The Morgan fingerprint density at radius 1 is 0.882 bits per heavy atom. The van der Waals surface area contributed by atoms with Crippen LogP contribution in [0.3, 0.4) is 0 Å². The predicted octanol–water partition coefficient (Wildman–Crippen LogP) is 3.80. The first-order chi connectivity index (χ1) is 16.4. The summed E-state index contributed by atoms with van der Waals surface area (Å²) in [5.74, 6) is 0.334. The quantitative estimate of drug-likeness (QED) is 0.470. The van der Waals surface area contributed by atoms with Crippen molar-refractivity contribution >= 4 is 17.5 Å². The maximum Gasteiger partial charge on any atom is 0.251 e. The van der Waals surface area contributed by atoms with E-state index in [0.717, 1.165) is 5.56 Å². The Labute approximate surface area is 196 Å². The Hall–Kier alpha value is -4.27. The number of hydrogen-bond donors (Lipinski definition) is 2. The average molecular weight is 468 g/mol. The van der Waals surface area contributed by atoms with Crippen LogP contribution < -0.4 is 29.6 Å². The minimum absolute atomic E-state index is 0.249. The topological polar surface area (TPSA) is 95.1 Å². The van der Waals surface area contributed by atoms with Crippen molar-refractivity contribution in [3.8, 4) is 23.0 Å². The van der Waals surface area contributed by atoms with Crippen LogP contribution in [0.4, 0.5) is 10.1 Å². The van der Waals surface area contributed by atoms with Crippen molar-refractivity contribution in [3.63, 3.8) is 0 Å². The summed E-state index contributed by atoms with van der Waals surface area (Å²) < 4.78 is 34.4. The molecule has 3 aromatic rings. The van der Waals surface area contributed by atoms with E-state index in [-0.39, 0.29) is 24.5 Å². The van der Waals surface area contributed by atoms with Gasteiger partial charge in [-0.05, 0) is 42.0 Å². The highest BCUT2D eigenvalue weighted by atomic mass is 19.1. The monoisotopic (exact) mass is 468 g/mol. The summed E-state index contributed by atoms with van der Waals surface area (Å²) in [6.45, 7) is -0.00131. The van der Waals surface area contributed by atoms with Crippen LogP contribution >= 0.6 is 0 Å². The van der Waals surface area contributed by atoms with Gasteiger partial charge in [-0.1, -0.05) is 18.2 Å². The minimum Gasteiger partial charge on any atom is -0.493 e. The van der Waals surface area contributed by atoms with Gasteiger partial charge in [0, 0.05) is 17.3 Å². The van der Waals surface area contributed by atoms with Crippen molar-refractivity contribution in [2.24, 2.45) is 0 Å². The normalized spacial score (nSPS) is 10.2. The van der Waals surface area contributed by atoms with E-state index in [1.165, 1.54) is 45.6 Å². The largest absolute Gasteiger partial charge is 0.493 e. The molecular weight excluding hydrogens is 443 g/mol. The van der Waals surface area contributed by atoms with E-state index in [9.17, 15) is 14.0 Å². The summed E-state index contributed by atoms with van der Waals surface area (Å²) in [5.41, 5.74) is 1.56. The lowest BCUT2D eigenvalue weighted by Crippen LogP contribution is -2.32. The molecule has 0 atom stereocenters. The molecule has 9 heteroatoms. The van der Waals surface area contributed by atoms with Gasteiger partial charge in [0.15, 0.2) is 11.5 Å². The number of anilines is 1. The van der Waals surface area contributed by atoms with Crippen molar-refractivity contribution in [3.05, 3.63) is 77.6 Å². The fraction of sp³-hybridized carbons (Fsp3) is 0.200. The highest BCUT2D eigenvalue weighted by molar-refractivity contribution is 6.00. The summed E-state index contributed by atoms with van der Waals surface area (Å²) in [6, 6.07) is 15.8. The van der Waals surface area contributed by atoms with Gasteiger partial charge in [-0.2, -0.15) is 0 Å². The second-order valence-corrected chi connectivity index (χ2v) is 7.09. The molecule has 0 aliphatic carbocycles. The van der Waals surface area contributed by atoms with Crippen LogP contribution in [0.5, 0.6) is 23.0 Å². The lowest BCUT2D eigenvalue weighted by Gasteiger charge is -2.14. The average Bonchev–Trinajstić information content (AvgIpc) is 2.86. The number of methoxy groups -OCH3 is 3. The fourth-order valence-electron chi connectivity index (χ4n) is 3.09. The number of nitrogens with one attached hydrogen (secondary N) is 2. The van der Waals surface area contributed by atoms with Crippen molar-refractivity contribution in [2.75, 3.05) is 33.2 Å². The molecule has 0 aliphatic heterocycles. The Bertz CT molecular complexity index is 1130. The predicted molar refractivity (Wildman–Crippen MR) is 124 cm³/mol.